The van der Waals surface area contributed by atoms with E-state index in [9.17, 15) is 0 Å². The second-order valence-corrected chi connectivity index (χ2v) is 3.63. The highest BCUT2D eigenvalue weighted by atomic mass is 79.9. The Hall–Kier alpha value is -0.530. The average Bonchev–Trinajstić information content (AvgIpc) is 1.95. The molecule has 0 fully saturated rings. The van der Waals surface area contributed by atoms with E-state index in [0.717, 1.165) is 14.6 Å². The molecule has 0 heterocycles. The molecule has 0 bridgehead atoms. The van der Waals surface area contributed by atoms with Crippen LogP contribution in [0.25, 0.3) is 0 Å². The van der Waals surface area contributed by atoms with Crippen LogP contribution in [0.1, 0.15) is 0 Å². The van der Waals surface area contributed by atoms with E-state index in [0.29, 0.717) is 0 Å². The number of nitrogens with one attached hydrogen (secondary N) is 1. The van der Waals surface area contributed by atoms with Gasteiger partial charge >= 0.3 is 0 Å². The van der Waals surface area contributed by atoms with E-state index in [1.165, 1.54) is 0 Å². The van der Waals surface area contributed by atoms with Gasteiger partial charge in [-0.2, -0.15) is 5.26 Å². The molecule has 0 aromatic heterocycles. The minimum atomic E-state index is 0.774. The third kappa shape index (κ3) is 2.21. The first-order valence-corrected chi connectivity index (χ1v) is 4.43. The number of halogens is 2. The molecule has 0 saturated carbocycles. The van der Waals surface area contributed by atoms with Gasteiger partial charge < -0.3 is 0 Å². The SMILES string of the molecule is N#CNc1ccc(Br)cc1Br. The summed E-state index contributed by atoms with van der Waals surface area (Å²) >= 11 is 6.61. The fourth-order valence-electron chi connectivity index (χ4n) is 0.651. The van der Waals surface area contributed by atoms with Crippen molar-refractivity contribution in [3.05, 3.63) is 27.1 Å². The molecule has 1 rings (SSSR count). The van der Waals surface area contributed by atoms with E-state index < -0.39 is 0 Å². The van der Waals surface area contributed by atoms with Gasteiger partial charge in [-0.05, 0) is 34.1 Å². The predicted octanol–water partition coefficient (Wildman–Crippen LogP) is 3.10. The summed E-state index contributed by atoms with van der Waals surface area (Å²) in [6.07, 6.45) is 1.85. The zero-order valence-corrected chi connectivity index (χ0v) is 8.61. The first-order chi connectivity index (χ1) is 5.24. The summed E-state index contributed by atoms with van der Waals surface area (Å²) in [7, 11) is 0. The van der Waals surface area contributed by atoms with Crippen LogP contribution in [0.4, 0.5) is 5.69 Å². The van der Waals surface area contributed by atoms with Gasteiger partial charge in [0.15, 0.2) is 6.19 Å². The lowest BCUT2D eigenvalue weighted by Crippen LogP contribution is -1.87. The van der Waals surface area contributed by atoms with Crippen LogP contribution in [0.2, 0.25) is 0 Å². The topological polar surface area (TPSA) is 35.8 Å². The molecule has 56 valence electrons. The highest BCUT2D eigenvalue weighted by Gasteiger charge is 1.97. The molecule has 1 N–H and O–H groups in total. The van der Waals surface area contributed by atoms with E-state index in [-0.39, 0.29) is 0 Å². The average molecular weight is 276 g/mol. The number of nitrogens with zero attached hydrogens (tertiary/aromatic N) is 1. The highest BCUT2D eigenvalue weighted by molar-refractivity contribution is 9.11. The summed E-state index contributed by atoms with van der Waals surface area (Å²) < 4.78 is 1.85. The lowest BCUT2D eigenvalue weighted by molar-refractivity contribution is 1.45. The normalized spacial score (nSPS) is 8.82. The van der Waals surface area contributed by atoms with E-state index >= 15 is 0 Å². The lowest BCUT2D eigenvalue weighted by atomic mass is 10.3. The van der Waals surface area contributed by atoms with Crippen LogP contribution in [0, 0.1) is 11.5 Å². The Morgan fingerprint density at radius 1 is 1.36 bits per heavy atom. The molecule has 0 radical (unpaired) electrons. The first-order valence-electron chi connectivity index (χ1n) is 2.84. The fraction of sp³-hybridized carbons (Fsp3) is 0. The summed E-state index contributed by atoms with van der Waals surface area (Å²) in [5, 5.41) is 10.9. The summed E-state index contributed by atoms with van der Waals surface area (Å²) in [4.78, 5) is 0. The summed E-state index contributed by atoms with van der Waals surface area (Å²) in [6, 6.07) is 5.56. The Morgan fingerprint density at radius 3 is 2.64 bits per heavy atom. The van der Waals surface area contributed by atoms with E-state index in [1.807, 2.05) is 24.4 Å². The van der Waals surface area contributed by atoms with Crippen LogP contribution >= 0.6 is 31.9 Å². The zero-order valence-electron chi connectivity index (χ0n) is 5.44. The Morgan fingerprint density at radius 2 is 2.09 bits per heavy atom. The molecule has 0 unspecified atom stereocenters. The highest BCUT2D eigenvalue weighted by Crippen LogP contribution is 2.25. The monoisotopic (exact) mass is 274 g/mol. The van der Waals surface area contributed by atoms with Crippen molar-refractivity contribution in [2.24, 2.45) is 0 Å². The van der Waals surface area contributed by atoms with Crippen LogP contribution in [0.15, 0.2) is 27.1 Å². The number of benzene rings is 1. The molecule has 2 nitrogen and oxygen atoms in total. The Kier molecular flexibility index (Phi) is 2.92. The molecule has 4 heteroatoms. The third-order valence-corrected chi connectivity index (χ3v) is 2.27. The van der Waals surface area contributed by atoms with E-state index in [1.54, 1.807) is 0 Å². The molecule has 0 amide bonds. The van der Waals surface area contributed by atoms with Gasteiger partial charge in [0.25, 0.3) is 0 Å². The maximum absolute atomic E-state index is 8.32. The molecule has 0 aliphatic heterocycles. The van der Waals surface area contributed by atoms with Gasteiger partial charge in [0.1, 0.15) is 0 Å². The summed E-state index contributed by atoms with van der Waals surface area (Å²) in [5.41, 5.74) is 0.774. The Bertz CT molecular complexity index is 304. The van der Waals surface area contributed by atoms with Crippen molar-refractivity contribution in [3.8, 4) is 6.19 Å². The van der Waals surface area contributed by atoms with Gasteiger partial charge in [-0.3, -0.25) is 5.32 Å². The maximum Gasteiger partial charge on any atom is 0.181 e. The number of rotatable bonds is 1. The maximum atomic E-state index is 8.32. The lowest BCUT2D eigenvalue weighted by Gasteiger charge is -1.99. The van der Waals surface area contributed by atoms with E-state index in [2.05, 4.69) is 37.2 Å². The number of nitriles is 1. The Balaban J connectivity index is 3.01. The molecule has 0 spiro atoms. The Labute approximate surface area is 81.5 Å². The molecule has 0 aliphatic rings. The first kappa shape index (κ1) is 8.57. The van der Waals surface area contributed by atoms with Gasteiger partial charge in [-0.25, -0.2) is 0 Å². The minimum Gasteiger partial charge on any atom is -0.292 e. The van der Waals surface area contributed by atoms with Crippen molar-refractivity contribution in [2.75, 3.05) is 5.32 Å². The van der Waals surface area contributed by atoms with Crippen molar-refractivity contribution in [1.82, 2.24) is 0 Å². The van der Waals surface area contributed by atoms with E-state index in [4.69, 9.17) is 5.26 Å². The van der Waals surface area contributed by atoms with Gasteiger partial charge in [-0.1, -0.05) is 15.9 Å². The standard InChI is InChI=1S/C7H4Br2N2/c8-5-1-2-7(11-4-10)6(9)3-5/h1-3,11H. The van der Waals surface area contributed by atoms with Crippen molar-refractivity contribution in [3.63, 3.8) is 0 Å². The number of anilines is 1. The van der Waals surface area contributed by atoms with Gasteiger partial charge in [0.2, 0.25) is 0 Å². The molecule has 11 heavy (non-hydrogen) atoms. The fourth-order valence-corrected chi connectivity index (χ4v) is 1.80. The molecule has 1 aromatic carbocycles. The van der Waals surface area contributed by atoms with Crippen LogP contribution in [0.5, 0.6) is 0 Å². The number of hydrogen-bond donors (Lipinski definition) is 1. The van der Waals surface area contributed by atoms with Crippen LogP contribution in [-0.4, -0.2) is 0 Å². The van der Waals surface area contributed by atoms with Crippen LogP contribution in [-0.2, 0) is 0 Å². The predicted molar refractivity (Wildman–Crippen MR) is 51.1 cm³/mol. The molecular formula is C7H4Br2N2. The van der Waals surface area contributed by atoms with Crippen molar-refractivity contribution in [2.45, 2.75) is 0 Å². The molecule has 0 aliphatic carbocycles. The second kappa shape index (κ2) is 3.74. The molecule has 0 saturated heterocycles. The molecule has 1 aromatic rings. The quantitative estimate of drug-likeness (QED) is 0.632. The van der Waals surface area contributed by atoms with Gasteiger partial charge in [-0.15, -0.1) is 0 Å². The molecular weight excluding hydrogens is 272 g/mol. The summed E-state index contributed by atoms with van der Waals surface area (Å²) in [6.45, 7) is 0. The van der Waals surface area contributed by atoms with Gasteiger partial charge in [0.05, 0.1) is 5.69 Å². The van der Waals surface area contributed by atoms with Crippen molar-refractivity contribution in [1.29, 1.82) is 5.26 Å². The smallest absolute Gasteiger partial charge is 0.181 e. The van der Waals surface area contributed by atoms with Crippen LogP contribution in [0.3, 0.4) is 0 Å². The van der Waals surface area contributed by atoms with Crippen LogP contribution < -0.4 is 5.32 Å². The second-order valence-electron chi connectivity index (χ2n) is 1.86. The zero-order chi connectivity index (χ0) is 8.27. The largest absolute Gasteiger partial charge is 0.292 e. The third-order valence-electron chi connectivity index (χ3n) is 1.12. The molecule has 0 atom stereocenters. The minimum absolute atomic E-state index is 0.774. The van der Waals surface area contributed by atoms with Crippen molar-refractivity contribution >= 4 is 37.5 Å². The number of hydrogen-bond acceptors (Lipinski definition) is 2. The van der Waals surface area contributed by atoms with Gasteiger partial charge in [0, 0.05) is 8.95 Å². The van der Waals surface area contributed by atoms with Crippen molar-refractivity contribution < 1.29 is 0 Å². The summed E-state index contributed by atoms with van der Waals surface area (Å²) in [5.74, 6) is 0.